The van der Waals surface area contributed by atoms with E-state index in [1.54, 1.807) is 11.0 Å². The van der Waals surface area contributed by atoms with E-state index in [4.69, 9.17) is 10.00 Å². The number of nitrogens with zero attached hydrogens (tertiary/aromatic N) is 3. The molecule has 22 heavy (non-hydrogen) atoms. The molecule has 1 aromatic carbocycles. The van der Waals surface area contributed by atoms with Crippen LogP contribution in [0.3, 0.4) is 0 Å². The number of nitriles is 1. The first-order valence-corrected chi connectivity index (χ1v) is 7.55. The minimum absolute atomic E-state index is 0.176. The monoisotopic (exact) mass is 301 g/mol. The Morgan fingerprint density at radius 3 is 2.68 bits per heavy atom. The fourth-order valence-electron chi connectivity index (χ4n) is 2.59. The molecule has 118 valence electrons. The Morgan fingerprint density at radius 1 is 1.36 bits per heavy atom. The van der Waals surface area contributed by atoms with Crippen molar-refractivity contribution in [3.05, 3.63) is 29.8 Å². The average molecular weight is 301 g/mol. The summed E-state index contributed by atoms with van der Waals surface area (Å²) in [5, 5.41) is 9.01. The van der Waals surface area contributed by atoms with Crippen LogP contribution in [0.2, 0.25) is 0 Å². The van der Waals surface area contributed by atoms with Gasteiger partial charge in [-0.25, -0.2) is 4.79 Å². The summed E-state index contributed by atoms with van der Waals surface area (Å²) < 4.78 is 5.43. The van der Waals surface area contributed by atoms with Crippen LogP contribution < -0.4 is 4.90 Å². The van der Waals surface area contributed by atoms with Gasteiger partial charge in [-0.15, -0.1) is 0 Å². The van der Waals surface area contributed by atoms with Crippen molar-refractivity contribution in [3.8, 4) is 6.07 Å². The second-order valence-corrected chi connectivity index (χ2v) is 6.63. The summed E-state index contributed by atoms with van der Waals surface area (Å²) in [6.07, 6.45) is -0.259. The molecular weight excluding hydrogens is 278 g/mol. The maximum Gasteiger partial charge on any atom is 0.410 e. The van der Waals surface area contributed by atoms with Gasteiger partial charge in [0.1, 0.15) is 5.60 Å². The van der Waals surface area contributed by atoms with E-state index in [9.17, 15) is 4.79 Å². The number of ether oxygens (including phenoxy) is 1. The molecule has 1 amide bonds. The van der Waals surface area contributed by atoms with Crippen LogP contribution in [0.5, 0.6) is 0 Å². The molecule has 5 heteroatoms. The lowest BCUT2D eigenvalue weighted by atomic mass is 10.1. The van der Waals surface area contributed by atoms with Crippen molar-refractivity contribution >= 4 is 11.8 Å². The third-order valence-electron chi connectivity index (χ3n) is 3.59. The van der Waals surface area contributed by atoms with Crippen LogP contribution in [0.1, 0.15) is 33.3 Å². The highest BCUT2D eigenvalue weighted by atomic mass is 16.6. The maximum absolute atomic E-state index is 12.1. The third-order valence-corrected chi connectivity index (χ3v) is 3.59. The third kappa shape index (κ3) is 3.91. The number of anilines is 1. The van der Waals surface area contributed by atoms with E-state index in [0.29, 0.717) is 18.7 Å². The molecule has 1 aliphatic rings. The normalized spacial score (nSPS) is 18.8. The van der Waals surface area contributed by atoms with Crippen molar-refractivity contribution in [2.24, 2.45) is 0 Å². The molecule has 1 aromatic rings. The first-order chi connectivity index (χ1) is 10.3. The van der Waals surface area contributed by atoms with Gasteiger partial charge in [0, 0.05) is 31.4 Å². The smallest absolute Gasteiger partial charge is 0.410 e. The average Bonchev–Trinajstić information content (AvgIpc) is 2.45. The molecule has 0 aliphatic carbocycles. The van der Waals surface area contributed by atoms with E-state index < -0.39 is 5.60 Å². The summed E-state index contributed by atoms with van der Waals surface area (Å²) in [5.41, 5.74) is 1.20. The van der Waals surface area contributed by atoms with Gasteiger partial charge in [-0.05, 0) is 45.9 Å². The zero-order valence-electron chi connectivity index (χ0n) is 13.7. The number of benzene rings is 1. The van der Waals surface area contributed by atoms with E-state index in [-0.39, 0.29) is 12.1 Å². The molecule has 0 N–H and O–H groups in total. The van der Waals surface area contributed by atoms with Gasteiger partial charge in [0.2, 0.25) is 0 Å². The Bertz CT molecular complexity index is 586. The van der Waals surface area contributed by atoms with Crippen LogP contribution in [0.25, 0.3) is 0 Å². The summed E-state index contributed by atoms with van der Waals surface area (Å²) in [6, 6.07) is 9.91. The first kappa shape index (κ1) is 16.2. The van der Waals surface area contributed by atoms with Gasteiger partial charge >= 0.3 is 6.09 Å². The van der Waals surface area contributed by atoms with E-state index in [0.717, 1.165) is 12.2 Å². The molecule has 1 fully saturated rings. The van der Waals surface area contributed by atoms with Crippen LogP contribution in [0, 0.1) is 11.3 Å². The van der Waals surface area contributed by atoms with Crippen molar-refractivity contribution in [2.75, 3.05) is 24.5 Å². The molecule has 1 aliphatic heterocycles. The SMILES string of the molecule is CC1CN(C(=O)OC(C)(C)C)CCN1c1cccc(C#N)c1. The minimum Gasteiger partial charge on any atom is -0.444 e. The van der Waals surface area contributed by atoms with Gasteiger partial charge in [-0.1, -0.05) is 6.07 Å². The maximum atomic E-state index is 12.1. The number of rotatable bonds is 1. The lowest BCUT2D eigenvalue weighted by Gasteiger charge is -2.41. The quantitative estimate of drug-likeness (QED) is 0.800. The predicted molar refractivity (Wildman–Crippen MR) is 85.8 cm³/mol. The second-order valence-electron chi connectivity index (χ2n) is 6.63. The van der Waals surface area contributed by atoms with Crippen LogP contribution in [-0.4, -0.2) is 42.3 Å². The Labute approximate surface area is 132 Å². The Balaban J connectivity index is 2.04. The van der Waals surface area contributed by atoms with Crippen molar-refractivity contribution in [3.63, 3.8) is 0 Å². The van der Waals surface area contributed by atoms with Crippen molar-refractivity contribution in [1.82, 2.24) is 4.90 Å². The molecule has 1 heterocycles. The molecule has 0 spiro atoms. The Hall–Kier alpha value is -2.22. The van der Waals surface area contributed by atoms with E-state index in [1.807, 2.05) is 39.0 Å². The molecule has 0 aromatic heterocycles. The number of hydrogen-bond donors (Lipinski definition) is 0. The number of piperazine rings is 1. The highest BCUT2D eigenvalue weighted by Crippen LogP contribution is 2.22. The molecule has 0 bridgehead atoms. The lowest BCUT2D eigenvalue weighted by molar-refractivity contribution is 0.0219. The molecule has 1 saturated heterocycles. The summed E-state index contributed by atoms with van der Waals surface area (Å²) in [4.78, 5) is 16.1. The predicted octanol–water partition coefficient (Wildman–Crippen LogP) is 3.00. The number of hydrogen-bond acceptors (Lipinski definition) is 4. The largest absolute Gasteiger partial charge is 0.444 e. The van der Waals surface area contributed by atoms with E-state index >= 15 is 0 Å². The second kappa shape index (κ2) is 6.27. The number of amides is 1. The molecule has 0 radical (unpaired) electrons. The van der Waals surface area contributed by atoms with Gasteiger partial charge in [0.25, 0.3) is 0 Å². The fourth-order valence-corrected chi connectivity index (χ4v) is 2.59. The Morgan fingerprint density at radius 2 is 2.09 bits per heavy atom. The molecule has 1 atom stereocenters. The zero-order valence-corrected chi connectivity index (χ0v) is 13.7. The molecule has 2 rings (SSSR count). The zero-order chi connectivity index (χ0) is 16.3. The van der Waals surface area contributed by atoms with Crippen molar-refractivity contribution in [2.45, 2.75) is 39.3 Å². The molecular formula is C17H23N3O2. The highest BCUT2D eigenvalue weighted by molar-refractivity contribution is 5.69. The summed E-state index contributed by atoms with van der Waals surface area (Å²) in [7, 11) is 0. The number of carbonyl (C=O) groups is 1. The van der Waals surface area contributed by atoms with Crippen LogP contribution >= 0.6 is 0 Å². The fraction of sp³-hybridized carbons (Fsp3) is 0.529. The van der Waals surface area contributed by atoms with Gasteiger partial charge in [-0.3, -0.25) is 0 Å². The van der Waals surface area contributed by atoms with E-state index in [2.05, 4.69) is 17.9 Å². The van der Waals surface area contributed by atoms with Crippen molar-refractivity contribution < 1.29 is 9.53 Å². The van der Waals surface area contributed by atoms with Gasteiger partial charge in [0.05, 0.1) is 11.6 Å². The van der Waals surface area contributed by atoms with E-state index in [1.165, 1.54) is 0 Å². The van der Waals surface area contributed by atoms with Crippen LogP contribution in [0.4, 0.5) is 10.5 Å². The van der Waals surface area contributed by atoms with Gasteiger partial charge < -0.3 is 14.5 Å². The topological polar surface area (TPSA) is 56.6 Å². The summed E-state index contributed by atoms with van der Waals surface area (Å²) >= 11 is 0. The minimum atomic E-state index is -0.474. The number of carbonyl (C=O) groups excluding carboxylic acids is 1. The first-order valence-electron chi connectivity index (χ1n) is 7.55. The van der Waals surface area contributed by atoms with Gasteiger partial charge in [0.15, 0.2) is 0 Å². The standard InChI is InChI=1S/C17H23N3O2/c1-13-12-19(16(21)22-17(2,3)4)8-9-20(13)15-7-5-6-14(10-15)11-18/h5-7,10,13H,8-9,12H2,1-4H3. The molecule has 0 saturated carbocycles. The van der Waals surface area contributed by atoms with Crippen LogP contribution in [-0.2, 0) is 4.74 Å². The van der Waals surface area contributed by atoms with Crippen LogP contribution in [0.15, 0.2) is 24.3 Å². The summed E-state index contributed by atoms with van der Waals surface area (Å²) in [5.74, 6) is 0. The lowest BCUT2D eigenvalue weighted by Crippen LogP contribution is -2.54. The van der Waals surface area contributed by atoms with Gasteiger partial charge in [-0.2, -0.15) is 5.26 Å². The summed E-state index contributed by atoms with van der Waals surface area (Å²) in [6.45, 7) is 9.67. The van der Waals surface area contributed by atoms with Crippen molar-refractivity contribution in [1.29, 1.82) is 5.26 Å². The highest BCUT2D eigenvalue weighted by Gasteiger charge is 2.29. The molecule has 1 unspecified atom stereocenters. The Kier molecular flexibility index (Phi) is 4.60. The molecule has 5 nitrogen and oxygen atoms in total.